The number of hydrogen-bond donors (Lipinski definition) is 0. The minimum absolute atomic E-state index is 0.993. The van der Waals surface area contributed by atoms with E-state index >= 15 is 0 Å². The fourth-order valence-electron chi connectivity index (χ4n) is 1.27. The zero-order chi connectivity index (χ0) is 11.7. The molecule has 84 valence electrons. The molecule has 0 radical (unpaired) electrons. The van der Waals surface area contributed by atoms with Gasteiger partial charge in [0.15, 0.2) is 0 Å². The summed E-state index contributed by atoms with van der Waals surface area (Å²) in [4.78, 5) is 4.39. The predicted octanol–water partition coefficient (Wildman–Crippen LogP) is 4.00. The molecule has 2 rings (SSSR count). The number of aryl methyl sites for hydroxylation is 1. The Morgan fingerprint density at radius 3 is 2.60 bits per heavy atom. The topological polar surface area (TPSA) is 17.8 Å². The van der Waals surface area contributed by atoms with Crippen molar-refractivity contribution in [1.29, 1.82) is 0 Å². The minimum atomic E-state index is 0.993. The molecule has 15 heavy (non-hydrogen) atoms. The fraction of sp³-hybridized carbons (Fsp3) is 0.462. The van der Waals surface area contributed by atoms with Gasteiger partial charge >= 0.3 is 0 Å². The zero-order valence-corrected chi connectivity index (χ0v) is 10.3. The molecule has 2 nitrogen and oxygen atoms in total. The number of allylic oxidation sites excluding steroid dienone is 1. The van der Waals surface area contributed by atoms with Gasteiger partial charge in [0.2, 0.25) is 0 Å². The monoisotopic (exact) mass is 206 g/mol. The molecule has 1 aliphatic heterocycles. The van der Waals surface area contributed by atoms with Crippen LogP contribution in [-0.2, 0) is 6.42 Å². The van der Waals surface area contributed by atoms with Crippen LogP contribution in [0, 0.1) is 0 Å². The second kappa shape index (κ2) is 8.04. The van der Waals surface area contributed by atoms with E-state index in [1.807, 2.05) is 44.5 Å². The van der Waals surface area contributed by atoms with E-state index in [1.54, 1.807) is 6.20 Å². The van der Waals surface area contributed by atoms with Crippen molar-refractivity contribution in [1.82, 2.24) is 9.55 Å². The van der Waals surface area contributed by atoms with Gasteiger partial charge in [-0.05, 0) is 18.9 Å². The Bertz CT molecular complexity index is 305. The van der Waals surface area contributed by atoms with Gasteiger partial charge < -0.3 is 4.57 Å². The highest BCUT2D eigenvalue weighted by molar-refractivity contribution is 5.46. The molecule has 1 aromatic heterocycles. The molecular weight excluding hydrogens is 184 g/mol. The van der Waals surface area contributed by atoms with Crippen molar-refractivity contribution in [2.75, 3.05) is 0 Å². The Labute approximate surface area is 93.3 Å². The summed E-state index contributed by atoms with van der Waals surface area (Å²) in [5, 5.41) is 0. The van der Waals surface area contributed by atoms with Crippen LogP contribution in [-0.4, -0.2) is 9.55 Å². The lowest BCUT2D eigenvalue weighted by molar-refractivity contribution is 0.968. The van der Waals surface area contributed by atoms with Gasteiger partial charge in [0.1, 0.15) is 5.82 Å². The Kier molecular flexibility index (Phi) is 7.33. The number of aromatic nitrogens is 2. The first-order valence-corrected chi connectivity index (χ1v) is 5.77. The maximum absolute atomic E-state index is 4.39. The van der Waals surface area contributed by atoms with E-state index < -0.39 is 0 Å². The maximum Gasteiger partial charge on any atom is 0.136 e. The molecule has 0 fully saturated rings. The Morgan fingerprint density at radius 1 is 1.33 bits per heavy atom. The fourth-order valence-corrected chi connectivity index (χ4v) is 1.27. The van der Waals surface area contributed by atoms with E-state index in [1.165, 1.54) is 0 Å². The van der Waals surface area contributed by atoms with Crippen molar-refractivity contribution in [3.05, 3.63) is 30.4 Å². The molecule has 0 spiro atoms. The van der Waals surface area contributed by atoms with Crippen LogP contribution >= 0.6 is 0 Å². The average molecular weight is 206 g/mol. The molecule has 0 amide bonds. The van der Waals surface area contributed by atoms with Gasteiger partial charge in [0, 0.05) is 12.4 Å². The van der Waals surface area contributed by atoms with E-state index in [9.17, 15) is 0 Å². The number of hydrogen-bond acceptors (Lipinski definition) is 1. The maximum atomic E-state index is 4.39. The Balaban J connectivity index is 0.000000442. The van der Waals surface area contributed by atoms with Crippen molar-refractivity contribution >= 4 is 12.3 Å². The third kappa shape index (κ3) is 3.74. The van der Waals surface area contributed by atoms with E-state index in [4.69, 9.17) is 0 Å². The number of nitrogens with zero attached hydrogens (tertiary/aromatic N) is 2. The van der Waals surface area contributed by atoms with Gasteiger partial charge in [-0.2, -0.15) is 0 Å². The van der Waals surface area contributed by atoms with Crippen LogP contribution in [0.25, 0.3) is 12.3 Å². The van der Waals surface area contributed by atoms with Gasteiger partial charge in [-0.15, -0.1) is 0 Å². The van der Waals surface area contributed by atoms with Crippen LogP contribution < -0.4 is 0 Å². The lowest BCUT2D eigenvalue weighted by atomic mass is 10.2. The summed E-state index contributed by atoms with van der Waals surface area (Å²) in [5.41, 5.74) is 1.16. The highest BCUT2D eigenvalue weighted by Crippen LogP contribution is 2.12. The molecule has 0 saturated carbocycles. The molecule has 0 N–H and O–H groups in total. The first-order chi connectivity index (χ1) is 7.40. The molecular formula is C13H22N2. The van der Waals surface area contributed by atoms with Crippen LogP contribution in [0.4, 0.5) is 0 Å². The second-order valence-electron chi connectivity index (χ2n) is 2.62. The standard InChI is InChI=1S/C9H10N2.2C2H6/c1-2-11-7-8-5-3-4-6-9(11)10-8;2*1-2/h2,4,6-7H,1,3,5H2;2*1-2H3. The van der Waals surface area contributed by atoms with Crippen molar-refractivity contribution < 1.29 is 0 Å². The molecule has 0 unspecified atom stereocenters. The summed E-state index contributed by atoms with van der Waals surface area (Å²) >= 11 is 0. The summed E-state index contributed by atoms with van der Waals surface area (Å²) in [5.74, 6) is 0.993. The highest BCUT2D eigenvalue weighted by Gasteiger charge is 2.04. The van der Waals surface area contributed by atoms with E-state index in [0.717, 1.165) is 24.4 Å². The predicted molar refractivity (Wildman–Crippen MR) is 68.7 cm³/mol. The third-order valence-electron chi connectivity index (χ3n) is 1.84. The smallest absolute Gasteiger partial charge is 0.136 e. The third-order valence-corrected chi connectivity index (χ3v) is 1.84. The second-order valence-corrected chi connectivity index (χ2v) is 2.62. The van der Waals surface area contributed by atoms with Crippen LogP contribution in [0.2, 0.25) is 0 Å². The first-order valence-electron chi connectivity index (χ1n) is 5.77. The lowest BCUT2D eigenvalue weighted by Crippen LogP contribution is -1.87. The van der Waals surface area contributed by atoms with Crippen LogP contribution in [0.1, 0.15) is 45.6 Å². The number of fused-ring (bicyclic) bond motifs is 2. The Hall–Kier alpha value is -1.31. The summed E-state index contributed by atoms with van der Waals surface area (Å²) in [7, 11) is 0. The van der Waals surface area contributed by atoms with Crippen molar-refractivity contribution in [3.63, 3.8) is 0 Å². The summed E-state index contributed by atoms with van der Waals surface area (Å²) in [6.07, 6.45) is 10.1. The summed E-state index contributed by atoms with van der Waals surface area (Å²) in [6.45, 7) is 11.7. The minimum Gasteiger partial charge on any atom is -0.307 e. The SMILES string of the molecule is C=Cn1cc2nc1C=CCC2.CC.CC. The molecule has 1 aliphatic rings. The van der Waals surface area contributed by atoms with Gasteiger partial charge in [-0.3, -0.25) is 0 Å². The van der Waals surface area contributed by atoms with Crippen LogP contribution in [0.5, 0.6) is 0 Å². The zero-order valence-electron chi connectivity index (χ0n) is 10.3. The average Bonchev–Trinajstić information content (AvgIpc) is 2.55. The molecule has 2 heterocycles. The van der Waals surface area contributed by atoms with E-state index in [2.05, 4.69) is 17.6 Å². The van der Waals surface area contributed by atoms with Crippen molar-refractivity contribution in [2.45, 2.75) is 40.5 Å². The number of imidazole rings is 1. The van der Waals surface area contributed by atoms with Crippen LogP contribution in [0.3, 0.4) is 0 Å². The molecule has 0 aliphatic carbocycles. The van der Waals surface area contributed by atoms with E-state index in [0.29, 0.717) is 0 Å². The molecule has 1 aromatic rings. The highest BCUT2D eigenvalue weighted by atomic mass is 15.0. The van der Waals surface area contributed by atoms with E-state index in [-0.39, 0.29) is 0 Å². The molecule has 0 aromatic carbocycles. The van der Waals surface area contributed by atoms with Gasteiger partial charge in [-0.25, -0.2) is 4.98 Å². The normalized spacial score (nSPS) is 11.5. The van der Waals surface area contributed by atoms with Crippen LogP contribution in [0.15, 0.2) is 18.9 Å². The van der Waals surface area contributed by atoms with Gasteiger partial charge in [0.25, 0.3) is 0 Å². The summed E-state index contributed by atoms with van der Waals surface area (Å²) in [6, 6.07) is 0. The number of rotatable bonds is 1. The van der Waals surface area contributed by atoms with Crippen molar-refractivity contribution in [3.8, 4) is 0 Å². The van der Waals surface area contributed by atoms with Gasteiger partial charge in [-0.1, -0.05) is 40.3 Å². The van der Waals surface area contributed by atoms with Crippen molar-refractivity contribution in [2.24, 2.45) is 0 Å². The largest absolute Gasteiger partial charge is 0.307 e. The molecule has 0 atom stereocenters. The molecule has 2 heteroatoms. The summed E-state index contributed by atoms with van der Waals surface area (Å²) < 4.78 is 1.95. The molecule has 2 bridgehead atoms. The quantitative estimate of drug-likeness (QED) is 0.679. The molecule has 0 saturated heterocycles. The first kappa shape index (κ1) is 13.7. The lowest BCUT2D eigenvalue weighted by Gasteiger charge is -1.95. The van der Waals surface area contributed by atoms with Gasteiger partial charge in [0.05, 0.1) is 5.69 Å². The Morgan fingerprint density at radius 2 is 2.00 bits per heavy atom.